The summed E-state index contributed by atoms with van der Waals surface area (Å²) >= 11 is 0. The van der Waals surface area contributed by atoms with Gasteiger partial charge in [-0.05, 0) is 109 Å². The first-order valence-electron chi connectivity index (χ1n) is 17.2. The van der Waals surface area contributed by atoms with Gasteiger partial charge in [0.25, 0.3) is 0 Å². The van der Waals surface area contributed by atoms with E-state index in [2.05, 4.69) is 156 Å². The van der Waals surface area contributed by atoms with Gasteiger partial charge < -0.3 is 4.57 Å². The molecule has 1 spiro atoms. The molecular formula is C47H29N. The maximum Gasteiger partial charge on any atom is 0.0754 e. The highest BCUT2D eigenvalue weighted by Gasteiger charge is 2.50. The zero-order chi connectivity index (χ0) is 31.1. The van der Waals surface area contributed by atoms with E-state index in [0.29, 0.717) is 0 Å². The molecule has 0 N–H and O–H groups in total. The highest BCUT2D eigenvalue weighted by atomic mass is 15.0. The van der Waals surface area contributed by atoms with Crippen LogP contribution < -0.4 is 0 Å². The topological polar surface area (TPSA) is 4.93 Å². The smallest absolute Gasteiger partial charge is 0.0754 e. The summed E-state index contributed by atoms with van der Waals surface area (Å²) in [6.45, 7) is 0. The van der Waals surface area contributed by atoms with Gasteiger partial charge >= 0.3 is 0 Å². The first kappa shape index (κ1) is 25.2. The van der Waals surface area contributed by atoms with Gasteiger partial charge in [0.15, 0.2) is 0 Å². The lowest BCUT2D eigenvalue weighted by atomic mass is 9.65. The van der Waals surface area contributed by atoms with Crippen molar-refractivity contribution in [1.82, 2.24) is 4.57 Å². The lowest BCUT2D eigenvalue weighted by Crippen LogP contribution is -2.33. The third-order valence-corrected chi connectivity index (χ3v) is 11.8. The molecule has 1 aromatic heterocycles. The van der Waals surface area contributed by atoms with E-state index >= 15 is 0 Å². The van der Waals surface area contributed by atoms with Gasteiger partial charge in [-0.1, -0.05) is 133 Å². The molecule has 1 unspecified atom stereocenters. The molecule has 1 heteroatoms. The minimum absolute atomic E-state index is 0.442. The quantitative estimate of drug-likeness (QED) is 0.175. The fraction of sp³-hybridized carbons (Fsp3) is 0.0638. The molecule has 0 fully saturated rings. The van der Waals surface area contributed by atoms with E-state index in [9.17, 15) is 0 Å². The van der Waals surface area contributed by atoms with Crippen LogP contribution in [-0.2, 0) is 5.41 Å². The van der Waals surface area contributed by atoms with E-state index in [1.54, 1.807) is 0 Å². The number of aromatic nitrogens is 1. The Morgan fingerprint density at radius 1 is 0.500 bits per heavy atom. The number of allylic oxidation sites excluding steroid dienone is 4. The Balaban J connectivity index is 1.20. The fourth-order valence-corrected chi connectivity index (χ4v) is 10.1. The molecule has 2 heterocycles. The number of hydrogen-bond donors (Lipinski definition) is 0. The van der Waals surface area contributed by atoms with Crippen LogP contribution in [0, 0.1) is 0 Å². The first-order valence-corrected chi connectivity index (χ1v) is 17.2. The Labute approximate surface area is 278 Å². The van der Waals surface area contributed by atoms with Crippen molar-refractivity contribution in [2.24, 2.45) is 0 Å². The SMILES string of the molecule is C1=CC2=C(CC1)c1cccc3c(-c4ccc5c(c4)C4(c6ccccc6-5)c5ccccc5-n5c6ccccc6c6cccc4c65)ccc2c13. The second-order valence-electron chi connectivity index (χ2n) is 13.8. The van der Waals surface area contributed by atoms with Crippen LogP contribution in [0.1, 0.15) is 46.2 Å². The number of fused-ring (bicyclic) bond motifs is 14. The number of para-hydroxylation sites is 3. The molecule has 1 aliphatic heterocycles. The van der Waals surface area contributed by atoms with Gasteiger partial charge in [0.05, 0.1) is 22.1 Å². The third kappa shape index (κ3) is 2.79. The van der Waals surface area contributed by atoms with Crippen molar-refractivity contribution < 1.29 is 0 Å². The summed E-state index contributed by atoms with van der Waals surface area (Å²) in [5.74, 6) is 0. The molecule has 12 rings (SSSR count). The molecule has 0 saturated heterocycles. The summed E-state index contributed by atoms with van der Waals surface area (Å²) in [6, 6.07) is 53.2. The molecule has 222 valence electrons. The maximum absolute atomic E-state index is 2.54. The van der Waals surface area contributed by atoms with Crippen molar-refractivity contribution >= 4 is 43.7 Å². The van der Waals surface area contributed by atoms with Gasteiger partial charge in [-0.2, -0.15) is 0 Å². The van der Waals surface area contributed by atoms with Crippen LogP contribution in [0.3, 0.4) is 0 Å². The van der Waals surface area contributed by atoms with Crippen molar-refractivity contribution in [3.63, 3.8) is 0 Å². The molecule has 0 bridgehead atoms. The molecular weight excluding hydrogens is 579 g/mol. The molecule has 7 aromatic carbocycles. The molecule has 0 amide bonds. The Kier molecular flexibility index (Phi) is 4.57. The Morgan fingerprint density at radius 3 is 2.19 bits per heavy atom. The molecule has 3 aliphatic carbocycles. The Morgan fingerprint density at radius 2 is 1.21 bits per heavy atom. The van der Waals surface area contributed by atoms with Gasteiger partial charge in [0.2, 0.25) is 0 Å². The average Bonchev–Trinajstić information content (AvgIpc) is 3.77. The highest BCUT2D eigenvalue weighted by molar-refractivity contribution is 6.19. The highest BCUT2D eigenvalue weighted by Crippen LogP contribution is 2.61. The predicted molar refractivity (Wildman–Crippen MR) is 200 cm³/mol. The number of hydrogen-bond acceptors (Lipinski definition) is 0. The maximum atomic E-state index is 2.54. The van der Waals surface area contributed by atoms with Gasteiger partial charge in [-0.3, -0.25) is 0 Å². The molecule has 1 atom stereocenters. The summed E-state index contributed by atoms with van der Waals surface area (Å²) in [4.78, 5) is 0. The molecule has 0 radical (unpaired) electrons. The lowest BCUT2D eigenvalue weighted by molar-refractivity contribution is 0.749. The van der Waals surface area contributed by atoms with Gasteiger partial charge in [-0.15, -0.1) is 0 Å². The first-order chi connectivity index (χ1) is 23.8. The monoisotopic (exact) mass is 607 g/mol. The summed E-state index contributed by atoms with van der Waals surface area (Å²) in [6.07, 6.45) is 6.93. The van der Waals surface area contributed by atoms with Crippen LogP contribution >= 0.6 is 0 Å². The number of rotatable bonds is 1. The van der Waals surface area contributed by atoms with E-state index in [1.807, 2.05) is 0 Å². The zero-order valence-electron chi connectivity index (χ0n) is 26.3. The average molecular weight is 608 g/mol. The van der Waals surface area contributed by atoms with Crippen LogP contribution in [0.2, 0.25) is 0 Å². The van der Waals surface area contributed by atoms with Gasteiger partial charge in [-0.25, -0.2) is 0 Å². The summed E-state index contributed by atoms with van der Waals surface area (Å²) in [7, 11) is 0. The largest absolute Gasteiger partial charge is 0.309 e. The van der Waals surface area contributed by atoms with Crippen molar-refractivity contribution in [2.75, 3.05) is 0 Å². The van der Waals surface area contributed by atoms with Crippen molar-refractivity contribution in [2.45, 2.75) is 18.3 Å². The van der Waals surface area contributed by atoms with Gasteiger partial charge in [0.1, 0.15) is 0 Å². The fourth-order valence-electron chi connectivity index (χ4n) is 10.1. The second kappa shape index (κ2) is 8.70. The summed E-state index contributed by atoms with van der Waals surface area (Å²) < 4.78 is 2.53. The van der Waals surface area contributed by atoms with Crippen LogP contribution in [0.4, 0.5) is 0 Å². The van der Waals surface area contributed by atoms with E-state index in [0.717, 1.165) is 12.8 Å². The minimum atomic E-state index is -0.442. The van der Waals surface area contributed by atoms with Crippen molar-refractivity contribution in [3.05, 3.63) is 185 Å². The van der Waals surface area contributed by atoms with Crippen LogP contribution in [-0.4, -0.2) is 4.57 Å². The van der Waals surface area contributed by atoms with Crippen LogP contribution in [0.25, 0.3) is 71.7 Å². The predicted octanol–water partition coefficient (Wildman–Crippen LogP) is 11.9. The molecule has 1 nitrogen and oxygen atoms in total. The van der Waals surface area contributed by atoms with Crippen LogP contribution in [0.15, 0.2) is 152 Å². The van der Waals surface area contributed by atoms with Gasteiger partial charge in [0, 0.05) is 10.8 Å². The second-order valence-corrected chi connectivity index (χ2v) is 13.8. The molecule has 48 heavy (non-hydrogen) atoms. The number of benzene rings is 7. The van der Waals surface area contributed by atoms with E-state index < -0.39 is 5.41 Å². The van der Waals surface area contributed by atoms with E-state index in [-0.39, 0.29) is 0 Å². The van der Waals surface area contributed by atoms with Crippen molar-refractivity contribution in [3.8, 4) is 27.9 Å². The third-order valence-electron chi connectivity index (χ3n) is 11.8. The minimum Gasteiger partial charge on any atom is -0.309 e. The zero-order valence-corrected chi connectivity index (χ0v) is 26.3. The standard InChI is InChI=1S/C47H29N/c1-2-12-31-30(11-1)36-16-9-15-35-29(25-26-37(31)45(35)36)28-23-24-33-32-13-3-5-18-39(32)47(42(33)27-28)40-19-6-8-22-44(40)48-43-21-7-4-14-34(43)38-17-10-20-41(47)46(38)48/h2-10,12-27H,1,11H2. The normalized spacial score (nSPS) is 17.8. The summed E-state index contributed by atoms with van der Waals surface area (Å²) in [5, 5.41) is 5.39. The van der Waals surface area contributed by atoms with Crippen LogP contribution in [0.5, 0.6) is 0 Å². The molecule has 4 aliphatic rings. The number of nitrogens with zero attached hydrogens (tertiary/aromatic N) is 1. The van der Waals surface area contributed by atoms with Crippen molar-refractivity contribution in [1.29, 1.82) is 0 Å². The lowest BCUT2D eigenvalue weighted by Gasteiger charge is -2.39. The summed E-state index contributed by atoms with van der Waals surface area (Å²) in [5.41, 5.74) is 19.9. The molecule has 0 saturated carbocycles. The molecule has 8 aromatic rings. The van der Waals surface area contributed by atoms with E-state index in [4.69, 9.17) is 0 Å². The van der Waals surface area contributed by atoms with E-state index in [1.165, 1.54) is 105 Å². The Hall–Kier alpha value is -5.92. The Bertz CT molecular complexity index is 2840.